The van der Waals surface area contributed by atoms with Crippen LogP contribution >= 0.6 is 0 Å². The first-order valence-corrected chi connectivity index (χ1v) is 7.66. The number of nitriles is 1. The lowest BCUT2D eigenvalue weighted by Crippen LogP contribution is -2.11. The molecule has 3 rings (SSSR count). The molecule has 0 aliphatic rings. The molecule has 0 saturated heterocycles. The zero-order chi connectivity index (χ0) is 17.2. The molecule has 1 N–H and O–H groups in total. The van der Waals surface area contributed by atoms with Crippen LogP contribution in [0.2, 0.25) is 0 Å². The average molecular weight is 318 g/mol. The number of hydrogen-bond donors (Lipinski definition) is 1. The summed E-state index contributed by atoms with van der Waals surface area (Å²) in [5, 5.41) is 15.7. The van der Waals surface area contributed by atoms with E-state index in [1.807, 2.05) is 57.2 Å². The van der Waals surface area contributed by atoms with Crippen molar-refractivity contribution >= 4 is 22.9 Å². The molecule has 5 nitrogen and oxygen atoms in total. The minimum Gasteiger partial charge on any atom is -0.421 e. The molecule has 0 unspecified atom stereocenters. The van der Waals surface area contributed by atoms with E-state index in [0.717, 1.165) is 10.9 Å². The number of anilines is 1. The summed E-state index contributed by atoms with van der Waals surface area (Å²) in [4.78, 5) is 4.20. The van der Waals surface area contributed by atoms with E-state index in [1.165, 1.54) is 5.39 Å². The summed E-state index contributed by atoms with van der Waals surface area (Å²) in [5.41, 5.74) is 3.66. The lowest BCUT2D eigenvalue weighted by atomic mass is 9.97. The van der Waals surface area contributed by atoms with Crippen LogP contribution in [0.1, 0.15) is 37.9 Å². The fraction of sp³-hybridized carbons (Fsp3) is 0.211. The first kappa shape index (κ1) is 15.8. The zero-order valence-corrected chi connectivity index (χ0v) is 13.9. The van der Waals surface area contributed by atoms with Crippen molar-refractivity contribution in [1.82, 2.24) is 4.98 Å². The van der Waals surface area contributed by atoms with Gasteiger partial charge in [-0.15, -0.1) is 0 Å². The number of nitrogens with zero attached hydrogens (tertiary/aromatic N) is 3. The van der Waals surface area contributed by atoms with Crippen LogP contribution in [-0.4, -0.2) is 11.2 Å². The Morgan fingerprint density at radius 3 is 2.62 bits per heavy atom. The molecule has 24 heavy (non-hydrogen) atoms. The second kappa shape index (κ2) is 6.17. The number of aromatic nitrogens is 1. The maximum absolute atomic E-state index is 9.17. The van der Waals surface area contributed by atoms with E-state index >= 15 is 0 Å². The Hall–Kier alpha value is -3.13. The summed E-state index contributed by atoms with van der Waals surface area (Å²) in [7, 11) is 0. The Morgan fingerprint density at radius 2 is 1.92 bits per heavy atom. The molecule has 0 aliphatic carbocycles. The number of rotatable bonds is 3. The molecule has 3 aromatic rings. The molecule has 0 radical (unpaired) electrons. The van der Waals surface area contributed by atoms with Crippen molar-refractivity contribution in [2.45, 2.75) is 26.2 Å². The third-order valence-electron chi connectivity index (χ3n) is 3.53. The summed E-state index contributed by atoms with van der Waals surface area (Å²) in [6.07, 6.45) is 1.69. The molecule has 0 amide bonds. The highest BCUT2D eigenvalue weighted by Crippen LogP contribution is 2.26. The van der Waals surface area contributed by atoms with Crippen molar-refractivity contribution in [2.75, 3.05) is 5.43 Å². The van der Waals surface area contributed by atoms with Gasteiger partial charge in [0.15, 0.2) is 0 Å². The lowest BCUT2D eigenvalue weighted by Gasteiger charge is -2.11. The Bertz CT molecular complexity index is 942. The number of fused-ring (bicyclic) bond motifs is 1. The van der Waals surface area contributed by atoms with E-state index in [1.54, 1.807) is 6.21 Å². The predicted octanol–water partition coefficient (Wildman–Crippen LogP) is 4.44. The van der Waals surface area contributed by atoms with Gasteiger partial charge in [-0.3, -0.25) is 0 Å². The Labute approximate surface area is 140 Å². The molecule has 1 heterocycles. The Morgan fingerprint density at radius 1 is 1.17 bits per heavy atom. The lowest BCUT2D eigenvalue weighted by molar-refractivity contribution is 0.399. The van der Waals surface area contributed by atoms with Crippen molar-refractivity contribution in [1.29, 1.82) is 5.26 Å². The maximum Gasteiger partial charge on any atom is 0.252 e. The molecule has 120 valence electrons. The van der Waals surface area contributed by atoms with Gasteiger partial charge in [0.2, 0.25) is 11.6 Å². The normalized spacial score (nSPS) is 11.8. The zero-order valence-electron chi connectivity index (χ0n) is 13.9. The highest BCUT2D eigenvalue weighted by Gasteiger charge is 2.23. The van der Waals surface area contributed by atoms with Gasteiger partial charge in [0.25, 0.3) is 5.88 Å². The van der Waals surface area contributed by atoms with Crippen LogP contribution in [0.15, 0.2) is 52.0 Å². The van der Waals surface area contributed by atoms with Gasteiger partial charge in [0.05, 0.1) is 6.21 Å². The van der Waals surface area contributed by atoms with Crippen LogP contribution in [0.5, 0.6) is 0 Å². The second-order valence-corrected chi connectivity index (χ2v) is 6.54. The van der Waals surface area contributed by atoms with Gasteiger partial charge in [-0.25, -0.2) is 5.43 Å². The van der Waals surface area contributed by atoms with Crippen LogP contribution in [0.4, 0.5) is 5.88 Å². The third kappa shape index (κ3) is 3.28. The maximum atomic E-state index is 9.17. The van der Waals surface area contributed by atoms with Crippen molar-refractivity contribution in [3.8, 4) is 6.07 Å². The fourth-order valence-electron chi connectivity index (χ4n) is 2.25. The molecule has 1 aromatic heterocycles. The predicted molar refractivity (Wildman–Crippen MR) is 95.1 cm³/mol. The number of hydrogen-bond acceptors (Lipinski definition) is 5. The van der Waals surface area contributed by atoms with E-state index < -0.39 is 0 Å². The average Bonchev–Trinajstić information content (AvgIpc) is 2.98. The summed E-state index contributed by atoms with van der Waals surface area (Å²) in [6.45, 7) is 5.92. The van der Waals surface area contributed by atoms with Gasteiger partial charge < -0.3 is 4.42 Å². The smallest absolute Gasteiger partial charge is 0.252 e. The van der Waals surface area contributed by atoms with E-state index in [9.17, 15) is 0 Å². The number of hydrazone groups is 1. The number of benzene rings is 2. The molecule has 0 fully saturated rings. The summed E-state index contributed by atoms with van der Waals surface area (Å²) < 4.78 is 5.62. The molecule has 0 aliphatic heterocycles. The largest absolute Gasteiger partial charge is 0.421 e. The van der Waals surface area contributed by atoms with E-state index in [-0.39, 0.29) is 17.0 Å². The highest BCUT2D eigenvalue weighted by atomic mass is 16.4. The van der Waals surface area contributed by atoms with Crippen LogP contribution in [-0.2, 0) is 5.41 Å². The van der Waals surface area contributed by atoms with E-state index in [2.05, 4.69) is 27.6 Å². The third-order valence-corrected chi connectivity index (χ3v) is 3.53. The summed E-state index contributed by atoms with van der Waals surface area (Å²) >= 11 is 0. The highest BCUT2D eigenvalue weighted by molar-refractivity contribution is 5.90. The molecule has 2 aromatic carbocycles. The fourth-order valence-corrected chi connectivity index (χ4v) is 2.25. The number of nitrogens with one attached hydrogen (secondary N) is 1. The second-order valence-electron chi connectivity index (χ2n) is 6.54. The molecule has 0 bridgehead atoms. The molecular formula is C19H18N4O. The van der Waals surface area contributed by atoms with Crippen molar-refractivity contribution in [2.24, 2.45) is 5.10 Å². The topological polar surface area (TPSA) is 74.2 Å². The van der Waals surface area contributed by atoms with Gasteiger partial charge >= 0.3 is 0 Å². The number of oxazole rings is 1. The summed E-state index contributed by atoms with van der Waals surface area (Å²) in [6, 6.07) is 16.2. The molecule has 0 atom stereocenters. The van der Waals surface area contributed by atoms with E-state index in [0.29, 0.717) is 5.89 Å². The SMILES string of the molecule is CC(C)(C)c1nc(C#N)c(NN=Cc2ccc3ccccc3c2)o1. The molecule has 5 heteroatoms. The van der Waals surface area contributed by atoms with Crippen LogP contribution in [0.3, 0.4) is 0 Å². The quantitative estimate of drug-likeness (QED) is 0.572. The molecule has 0 saturated carbocycles. The van der Waals surface area contributed by atoms with Crippen molar-refractivity contribution < 1.29 is 4.42 Å². The van der Waals surface area contributed by atoms with Gasteiger partial charge in [0, 0.05) is 5.41 Å². The minimum absolute atomic E-state index is 0.204. The minimum atomic E-state index is -0.270. The van der Waals surface area contributed by atoms with Crippen LogP contribution in [0.25, 0.3) is 10.8 Å². The van der Waals surface area contributed by atoms with Gasteiger partial charge in [-0.1, -0.05) is 57.2 Å². The van der Waals surface area contributed by atoms with E-state index in [4.69, 9.17) is 9.68 Å². The van der Waals surface area contributed by atoms with Gasteiger partial charge in [-0.2, -0.15) is 15.3 Å². The monoisotopic (exact) mass is 318 g/mol. The first-order chi connectivity index (χ1) is 11.5. The Balaban J connectivity index is 1.80. The van der Waals surface area contributed by atoms with Gasteiger partial charge in [-0.05, 0) is 22.4 Å². The molecular weight excluding hydrogens is 300 g/mol. The molecule has 0 spiro atoms. The standard InChI is InChI=1S/C19H18N4O/c1-19(2,3)18-22-16(11-20)17(24-18)23-21-12-13-8-9-14-6-4-5-7-15(14)10-13/h4-10,12,23H,1-3H3. The van der Waals surface area contributed by atoms with Crippen molar-refractivity contribution in [3.05, 3.63) is 59.6 Å². The van der Waals surface area contributed by atoms with Crippen LogP contribution < -0.4 is 5.43 Å². The summed E-state index contributed by atoms with van der Waals surface area (Å²) in [5.74, 6) is 0.766. The van der Waals surface area contributed by atoms with Crippen molar-refractivity contribution in [3.63, 3.8) is 0 Å². The Kier molecular flexibility index (Phi) is 4.05. The van der Waals surface area contributed by atoms with Crippen LogP contribution in [0, 0.1) is 11.3 Å². The first-order valence-electron chi connectivity index (χ1n) is 7.66. The van der Waals surface area contributed by atoms with Gasteiger partial charge in [0.1, 0.15) is 6.07 Å².